The Morgan fingerprint density at radius 2 is 1.88 bits per heavy atom. The molecule has 0 fully saturated rings. The summed E-state index contributed by atoms with van der Waals surface area (Å²) < 4.78 is 14.9. The number of amides is 1. The van der Waals surface area contributed by atoms with E-state index in [1.54, 1.807) is 31.7 Å². The topological polar surface area (TPSA) is 107 Å². The molecular weight excluding hydrogens is 432 g/mol. The van der Waals surface area contributed by atoms with Crippen LogP contribution in [0.1, 0.15) is 25.8 Å². The number of rotatable bonds is 9. The minimum absolute atomic E-state index is 0.305. The molecule has 0 aliphatic rings. The Hall–Kier alpha value is -4.32. The maximum Gasteiger partial charge on any atom is 0.411 e. The fraction of sp³-hybridized carbons (Fsp3) is 0.280. The van der Waals surface area contributed by atoms with E-state index < -0.39 is 6.09 Å². The molecule has 2 aromatic carbocycles. The number of nitriles is 1. The number of anilines is 1. The lowest BCUT2D eigenvalue weighted by molar-refractivity contribution is 0.168. The summed E-state index contributed by atoms with van der Waals surface area (Å²) in [6, 6.07) is 15.6. The molecule has 9 heteroatoms. The molecule has 2 aromatic heterocycles. The Labute approximate surface area is 197 Å². The summed E-state index contributed by atoms with van der Waals surface area (Å²) in [4.78, 5) is 11.7. The van der Waals surface area contributed by atoms with Crippen LogP contribution in [0.2, 0.25) is 0 Å². The van der Waals surface area contributed by atoms with Crippen molar-refractivity contribution < 1.29 is 14.3 Å². The molecule has 1 amide bonds. The lowest BCUT2D eigenvalue weighted by Gasteiger charge is -2.11. The van der Waals surface area contributed by atoms with Gasteiger partial charge >= 0.3 is 6.09 Å². The van der Waals surface area contributed by atoms with E-state index in [9.17, 15) is 10.1 Å². The van der Waals surface area contributed by atoms with Crippen molar-refractivity contribution in [2.24, 2.45) is 0 Å². The normalized spacial score (nSPS) is 10.7. The number of fused-ring (bicyclic) bond motifs is 1. The number of hydrogen-bond acceptors (Lipinski definition) is 6. The van der Waals surface area contributed by atoms with Gasteiger partial charge in [-0.1, -0.05) is 12.1 Å². The Morgan fingerprint density at radius 1 is 1.12 bits per heavy atom. The second kappa shape index (κ2) is 10.5. The molecule has 2 heterocycles. The molecule has 0 unspecified atom stereocenters. The quantitative estimate of drug-likeness (QED) is 0.360. The SMILES string of the molecule is CCOC(=O)Nc1ccc(-c2c(C#N)c3ccc(OCCCn4cnnc4)cc3n2CC)cc1. The molecule has 0 aliphatic carbocycles. The van der Waals surface area contributed by atoms with E-state index in [4.69, 9.17) is 9.47 Å². The summed E-state index contributed by atoms with van der Waals surface area (Å²) in [6.07, 6.45) is 3.70. The van der Waals surface area contributed by atoms with E-state index in [1.807, 2.05) is 41.8 Å². The largest absolute Gasteiger partial charge is 0.493 e. The average molecular weight is 459 g/mol. The van der Waals surface area contributed by atoms with Crippen LogP contribution >= 0.6 is 0 Å². The van der Waals surface area contributed by atoms with Gasteiger partial charge in [0, 0.05) is 30.2 Å². The van der Waals surface area contributed by atoms with Gasteiger partial charge in [-0.3, -0.25) is 5.32 Å². The Morgan fingerprint density at radius 3 is 2.56 bits per heavy atom. The van der Waals surface area contributed by atoms with E-state index in [-0.39, 0.29) is 0 Å². The minimum Gasteiger partial charge on any atom is -0.493 e. The van der Waals surface area contributed by atoms with Gasteiger partial charge in [0.15, 0.2) is 0 Å². The van der Waals surface area contributed by atoms with Crippen LogP contribution in [0.4, 0.5) is 10.5 Å². The van der Waals surface area contributed by atoms with Crippen LogP contribution in [0.5, 0.6) is 5.75 Å². The molecule has 174 valence electrons. The molecule has 0 radical (unpaired) electrons. The van der Waals surface area contributed by atoms with Gasteiger partial charge in [0.25, 0.3) is 0 Å². The molecule has 9 nitrogen and oxygen atoms in total. The van der Waals surface area contributed by atoms with Gasteiger partial charge in [0.05, 0.1) is 30.0 Å². The summed E-state index contributed by atoms with van der Waals surface area (Å²) >= 11 is 0. The molecule has 0 bridgehead atoms. The van der Waals surface area contributed by atoms with Gasteiger partial charge < -0.3 is 18.6 Å². The first-order chi connectivity index (χ1) is 16.6. The lowest BCUT2D eigenvalue weighted by atomic mass is 10.1. The number of nitrogens with one attached hydrogen (secondary N) is 1. The highest BCUT2D eigenvalue weighted by atomic mass is 16.5. The number of aromatic nitrogens is 4. The van der Waals surface area contributed by atoms with Gasteiger partial charge in [0.2, 0.25) is 0 Å². The second-order valence-corrected chi connectivity index (χ2v) is 7.58. The number of hydrogen-bond donors (Lipinski definition) is 1. The van der Waals surface area contributed by atoms with Crippen LogP contribution in [0.3, 0.4) is 0 Å². The number of carbonyl (C=O) groups excluding carboxylic acids is 1. The standard InChI is InChI=1S/C25H26N6O3/c1-3-31-23-14-20(34-13-5-12-30-16-27-28-17-30)10-11-21(23)22(15-26)24(31)18-6-8-19(9-7-18)29-25(32)33-4-2/h6-11,14,16-17H,3-5,12-13H2,1-2H3,(H,29,32). The number of ether oxygens (including phenoxy) is 2. The molecular formula is C25H26N6O3. The van der Waals surface area contributed by atoms with E-state index in [0.29, 0.717) is 31.0 Å². The zero-order valence-electron chi connectivity index (χ0n) is 19.2. The molecule has 0 aliphatic heterocycles. The number of nitrogens with zero attached hydrogens (tertiary/aromatic N) is 5. The molecule has 1 N–H and O–H groups in total. The summed E-state index contributed by atoms with van der Waals surface area (Å²) in [7, 11) is 0. The maximum absolute atomic E-state index is 11.7. The van der Waals surface area contributed by atoms with Crippen molar-refractivity contribution in [1.82, 2.24) is 19.3 Å². The zero-order chi connectivity index (χ0) is 23.9. The summed E-state index contributed by atoms with van der Waals surface area (Å²) in [6.45, 7) is 6.14. The highest BCUT2D eigenvalue weighted by Crippen LogP contribution is 2.35. The number of benzene rings is 2. The van der Waals surface area contributed by atoms with E-state index in [1.165, 1.54) is 0 Å². The smallest absolute Gasteiger partial charge is 0.411 e. The molecule has 34 heavy (non-hydrogen) atoms. The highest BCUT2D eigenvalue weighted by Gasteiger charge is 2.18. The fourth-order valence-corrected chi connectivity index (χ4v) is 3.93. The van der Waals surface area contributed by atoms with Crippen molar-refractivity contribution in [2.75, 3.05) is 18.5 Å². The molecule has 0 atom stereocenters. The zero-order valence-corrected chi connectivity index (χ0v) is 19.2. The van der Waals surface area contributed by atoms with Crippen molar-refractivity contribution in [3.63, 3.8) is 0 Å². The number of aryl methyl sites for hydroxylation is 2. The molecule has 0 saturated carbocycles. The average Bonchev–Trinajstić information content (AvgIpc) is 3.47. The Bertz CT molecular complexity index is 1300. The van der Waals surface area contributed by atoms with Gasteiger partial charge in [-0.25, -0.2) is 4.79 Å². The predicted octanol–water partition coefficient (Wildman–Crippen LogP) is 4.83. The first kappa shape index (κ1) is 22.9. The van der Waals surface area contributed by atoms with E-state index in [2.05, 4.69) is 26.2 Å². The lowest BCUT2D eigenvalue weighted by Crippen LogP contribution is -2.13. The van der Waals surface area contributed by atoms with E-state index >= 15 is 0 Å². The molecule has 0 spiro atoms. The van der Waals surface area contributed by atoms with Crippen LogP contribution < -0.4 is 10.1 Å². The maximum atomic E-state index is 11.7. The molecule has 0 saturated heterocycles. The monoisotopic (exact) mass is 458 g/mol. The van der Waals surface area contributed by atoms with Gasteiger partial charge in [-0.2, -0.15) is 5.26 Å². The Kier molecular flexibility index (Phi) is 7.08. The van der Waals surface area contributed by atoms with Gasteiger partial charge in [-0.05, 0) is 50.1 Å². The third-order valence-corrected chi connectivity index (χ3v) is 5.44. The van der Waals surface area contributed by atoms with Crippen molar-refractivity contribution in [2.45, 2.75) is 33.4 Å². The van der Waals surface area contributed by atoms with Crippen molar-refractivity contribution in [3.8, 4) is 23.1 Å². The van der Waals surface area contributed by atoms with Crippen LogP contribution in [-0.4, -0.2) is 38.6 Å². The van der Waals surface area contributed by atoms with Crippen molar-refractivity contribution in [1.29, 1.82) is 5.26 Å². The highest BCUT2D eigenvalue weighted by molar-refractivity contribution is 5.95. The summed E-state index contributed by atoms with van der Waals surface area (Å²) in [5.41, 5.74) is 3.91. The summed E-state index contributed by atoms with van der Waals surface area (Å²) in [5.74, 6) is 0.758. The molecule has 4 aromatic rings. The van der Waals surface area contributed by atoms with Gasteiger partial charge in [0.1, 0.15) is 24.5 Å². The van der Waals surface area contributed by atoms with Crippen LogP contribution in [0.25, 0.3) is 22.2 Å². The third-order valence-electron chi connectivity index (χ3n) is 5.44. The molecule has 4 rings (SSSR count). The van der Waals surface area contributed by atoms with Crippen molar-refractivity contribution in [3.05, 3.63) is 60.7 Å². The second-order valence-electron chi connectivity index (χ2n) is 7.58. The first-order valence-corrected chi connectivity index (χ1v) is 11.2. The Balaban J connectivity index is 1.58. The fourth-order valence-electron chi connectivity index (χ4n) is 3.93. The number of carbonyl (C=O) groups is 1. The summed E-state index contributed by atoms with van der Waals surface area (Å²) in [5, 5.41) is 21.1. The van der Waals surface area contributed by atoms with E-state index in [0.717, 1.165) is 40.9 Å². The first-order valence-electron chi connectivity index (χ1n) is 11.2. The minimum atomic E-state index is -0.496. The van der Waals surface area contributed by atoms with Crippen molar-refractivity contribution >= 4 is 22.7 Å². The van der Waals surface area contributed by atoms with Crippen LogP contribution in [0, 0.1) is 11.3 Å². The van der Waals surface area contributed by atoms with Gasteiger partial charge in [-0.15, -0.1) is 10.2 Å². The predicted molar refractivity (Wildman–Crippen MR) is 129 cm³/mol. The third kappa shape index (κ3) is 4.86. The van der Waals surface area contributed by atoms with Crippen LogP contribution in [-0.2, 0) is 17.8 Å². The van der Waals surface area contributed by atoms with Crippen LogP contribution in [0.15, 0.2) is 55.1 Å².